The number of aryl methyl sites for hydroxylation is 1. The fraction of sp³-hybridized carbons (Fsp3) is 0.478. The maximum absolute atomic E-state index is 11.3. The number of hydrogen-bond acceptors (Lipinski definition) is 4. The number of phenols is 1. The Morgan fingerprint density at radius 3 is 2.19 bits per heavy atom. The molecule has 144 valence electrons. The summed E-state index contributed by atoms with van der Waals surface area (Å²) in [4.78, 5) is 2.35. The summed E-state index contributed by atoms with van der Waals surface area (Å²) >= 11 is 0. The highest BCUT2D eigenvalue weighted by Crippen LogP contribution is 2.50. The Balaban J connectivity index is 1.44. The van der Waals surface area contributed by atoms with E-state index in [1.165, 1.54) is 0 Å². The second kappa shape index (κ2) is 6.93. The zero-order valence-electron chi connectivity index (χ0n) is 16.0. The molecule has 4 rings (SSSR count). The van der Waals surface area contributed by atoms with E-state index >= 15 is 0 Å². The van der Waals surface area contributed by atoms with Crippen LogP contribution in [0.1, 0.15) is 42.6 Å². The first-order chi connectivity index (χ1) is 12.9. The summed E-state index contributed by atoms with van der Waals surface area (Å²) in [6.07, 6.45) is 1.00. The van der Waals surface area contributed by atoms with Gasteiger partial charge in [-0.1, -0.05) is 36.4 Å². The third-order valence-electron chi connectivity index (χ3n) is 6.72. The van der Waals surface area contributed by atoms with E-state index in [-0.39, 0.29) is 11.8 Å². The lowest BCUT2D eigenvalue weighted by Gasteiger charge is -2.32. The van der Waals surface area contributed by atoms with Crippen molar-refractivity contribution in [2.75, 3.05) is 13.1 Å². The molecular weight excluding hydrogens is 338 g/mol. The number of aromatic hydroxyl groups is 1. The van der Waals surface area contributed by atoms with Crippen LogP contribution in [0.4, 0.5) is 0 Å². The summed E-state index contributed by atoms with van der Waals surface area (Å²) in [6, 6.07) is 15.0. The number of aliphatic hydroxyl groups is 2. The van der Waals surface area contributed by atoms with Gasteiger partial charge in [-0.15, -0.1) is 0 Å². The number of rotatable bonds is 4. The molecule has 27 heavy (non-hydrogen) atoms. The molecular formula is C23H29NO3. The zero-order valence-corrected chi connectivity index (χ0v) is 16.0. The van der Waals surface area contributed by atoms with E-state index in [4.69, 9.17) is 0 Å². The second-order valence-corrected chi connectivity index (χ2v) is 8.51. The molecule has 0 bridgehead atoms. The molecule has 3 N–H and O–H groups in total. The van der Waals surface area contributed by atoms with Crippen LogP contribution in [0, 0.1) is 18.8 Å². The normalized spacial score (nSPS) is 30.2. The fourth-order valence-corrected chi connectivity index (χ4v) is 5.19. The van der Waals surface area contributed by atoms with Gasteiger partial charge in [-0.25, -0.2) is 0 Å². The van der Waals surface area contributed by atoms with Crippen molar-refractivity contribution >= 4 is 0 Å². The highest BCUT2D eigenvalue weighted by atomic mass is 16.3. The molecule has 2 aromatic rings. The first-order valence-corrected chi connectivity index (χ1v) is 9.87. The second-order valence-electron chi connectivity index (χ2n) is 8.51. The molecule has 1 saturated heterocycles. The highest BCUT2D eigenvalue weighted by Gasteiger charge is 2.50. The molecule has 1 heterocycles. The van der Waals surface area contributed by atoms with Gasteiger partial charge >= 0.3 is 0 Å². The lowest BCUT2D eigenvalue weighted by molar-refractivity contribution is 0.0207. The van der Waals surface area contributed by atoms with E-state index in [2.05, 4.69) is 30.9 Å². The Hall–Kier alpha value is -1.88. The van der Waals surface area contributed by atoms with E-state index in [0.717, 1.165) is 42.6 Å². The third kappa shape index (κ3) is 3.38. The molecule has 2 aromatic carbocycles. The van der Waals surface area contributed by atoms with Crippen LogP contribution >= 0.6 is 0 Å². The predicted octanol–water partition coefficient (Wildman–Crippen LogP) is 3.35. The Labute approximate surface area is 161 Å². The summed E-state index contributed by atoms with van der Waals surface area (Å²) < 4.78 is 0. The van der Waals surface area contributed by atoms with Crippen LogP contribution < -0.4 is 0 Å². The standard InChI is InChI=1S/C23H29NO3/c1-15-5-3-4-6-21(15)23(27)11-18-13-24(14-19(18)12-23)16(2)22(26)17-7-9-20(25)10-8-17/h3-10,16,18-19,22,25-27H,11-14H2,1-2H3/t16?,18-,19+,22?,23?. The van der Waals surface area contributed by atoms with Crippen LogP contribution in [0.15, 0.2) is 48.5 Å². The number of nitrogens with zero attached hydrogens (tertiary/aromatic N) is 1. The average Bonchev–Trinajstić information content (AvgIpc) is 3.17. The van der Waals surface area contributed by atoms with Crippen LogP contribution in [-0.2, 0) is 5.60 Å². The van der Waals surface area contributed by atoms with Crippen LogP contribution in [0.5, 0.6) is 5.75 Å². The molecule has 4 heteroatoms. The van der Waals surface area contributed by atoms with Crippen molar-refractivity contribution in [2.45, 2.75) is 44.4 Å². The number of fused-ring (bicyclic) bond motifs is 1. The number of likely N-dealkylation sites (tertiary alicyclic amines) is 1. The minimum atomic E-state index is -0.717. The summed E-state index contributed by atoms with van der Waals surface area (Å²) in [5.41, 5.74) is 2.34. The summed E-state index contributed by atoms with van der Waals surface area (Å²) in [7, 11) is 0. The van der Waals surface area contributed by atoms with Crippen LogP contribution in [0.2, 0.25) is 0 Å². The largest absolute Gasteiger partial charge is 0.508 e. The topological polar surface area (TPSA) is 63.9 Å². The van der Waals surface area contributed by atoms with E-state index in [0.29, 0.717) is 11.8 Å². The van der Waals surface area contributed by atoms with Gasteiger partial charge in [-0.05, 0) is 67.3 Å². The van der Waals surface area contributed by atoms with E-state index in [9.17, 15) is 15.3 Å². The van der Waals surface area contributed by atoms with Gasteiger partial charge < -0.3 is 15.3 Å². The van der Waals surface area contributed by atoms with Gasteiger partial charge in [0.15, 0.2) is 0 Å². The van der Waals surface area contributed by atoms with Gasteiger partial charge in [-0.3, -0.25) is 4.90 Å². The molecule has 5 atom stereocenters. The van der Waals surface area contributed by atoms with Gasteiger partial charge in [0.1, 0.15) is 5.75 Å². The molecule has 3 unspecified atom stereocenters. The maximum Gasteiger partial charge on any atom is 0.115 e. The monoisotopic (exact) mass is 367 g/mol. The Bertz CT molecular complexity index is 790. The van der Waals surface area contributed by atoms with Crippen molar-refractivity contribution in [1.29, 1.82) is 0 Å². The van der Waals surface area contributed by atoms with Gasteiger partial charge in [0.25, 0.3) is 0 Å². The smallest absolute Gasteiger partial charge is 0.115 e. The van der Waals surface area contributed by atoms with Gasteiger partial charge in [0.2, 0.25) is 0 Å². The number of phenolic OH excluding ortho intramolecular Hbond substituents is 1. The number of hydrogen-bond donors (Lipinski definition) is 3. The molecule has 1 aliphatic carbocycles. The number of benzene rings is 2. The minimum Gasteiger partial charge on any atom is -0.508 e. The summed E-state index contributed by atoms with van der Waals surface area (Å²) in [5, 5.41) is 31.5. The highest BCUT2D eigenvalue weighted by molar-refractivity contribution is 5.33. The Morgan fingerprint density at radius 1 is 1.00 bits per heavy atom. The molecule has 0 aromatic heterocycles. The molecule has 4 nitrogen and oxygen atoms in total. The van der Waals surface area contributed by atoms with Crippen LogP contribution in [-0.4, -0.2) is 39.4 Å². The van der Waals surface area contributed by atoms with Crippen molar-refractivity contribution in [3.63, 3.8) is 0 Å². The molecule has 2 aliphatic rings. The molecule has 1 saturated carbocycles. The quantitative estimate of drug-likeness (QED) is 0.775. The maximum atomic E-state index is 11.3. The van der Waals surface area contributed by atoms with Crippen molar-refractivity contribution in [3.8, 4) is 5.75 Å². The molecule has 2 fully saturated rings. The summed E-state index contributed by atoms with van der Waals surface area (Å²) in [5.74, 6) is 1.14. The molecule has 0 spiro atoms. The van der Waals surface area contributed by atoms with E-state index in [1.807, 2.05) is 12.1 Å². The van der Waals surface area contributed by atoms with Crippen molar-refractivity contribution < 1.29 is 15.3 Å². The van der Waals surface area contributed by atoms with Crippen molar-refractivity contribution in [2.24, 2.45) is 11.8 Å². The first-order valence-electron chi connectivity index (χ1n) is 9.87. The van der Waals surface area contributed by atoms with E-state index in [1.54, 1.807) is 24.3 Å². The Kier molecular flexibility index (Phi) is 4.75. The van der Waals surface area contributed by atoms with Gasteiger partial charge in [0.05, 0.1) is 11.7 Å². The SMILES string of the molecule is Cc1ccccc1C1(O)C[C@H]2CN(C(C)C(O)c3ccc(O)cc3)C[C@H]2C1. The van der Waals surface area contributed by atoms with Crippen molar-refractivity contribution in [3.05, 3.63) is 65.2 Å². The molecule has 1 aliphatic heterocycles. The average molecular weight is 367 g/mol. The Morgan fingerprint density at radius 2 is 1.59 bits per heavy atom. The summed E-state index contributed by atoms with van der Waals surface area (Å²) in [6.45, 7) is 5.96. The van der Waals surface area contributed by atoms with Crippen molar-refractivity contribution in [1.82, 2.24) is 4.90 Å². The lowest BCUT2D eigenvalue weighted by Crippen LogP contribution is -2.37. The third-order valence-corrected chi connectivity index (χ3v) is 6.72. The predicted molar refractivity (Wildman–Crippen MR) is 105 cm³/mol. The van der Waals surface area contributed by atoms with Gasteiger partial charge in [0, 0.05) is 19.1 Å². The zero-order chi connectivity index (χ0) is 19.2. The minimum absolute atomic E-state index is 0.00620. The van der Waals surface area contributed by atoms with Crippen LogP contribution in [0.3, 0.4) is 0 Å². The fourth-order valence-electron chi connectivity index (χ4n) is 5.19. The van der Waals surface area contributed by atoms with Crippen LogP contribution in [0.25, 0.3) is 0 Å². The van der Waals surface area contributed by atoms with Gasteiger partial charge in [-0.2, -0.15) is 0 Å². The molecule has 0 radical (unpaired) electrons. The first kappa shape index (κ1) is 18.5. The molecule has 0 amide bonds. The number of aliphatic hydroxyl groups excluding tert-OH is 1. The van der Waals surface area contributed by atoms with E-state index < -0.39 is 11.7 Å². The lowest BCUT2D eigenvalue weighted by atomic mass is 9.87.